The van der Waals surface area contributed by atoms with Crippen LogP contribution in [0.3, 0.4) is 0 Å². The first-order valence-corrected chi connectivity index (χ1v) is 8.59. The van der Waals surface area contributed by atoms with Gasteiger partial charge in [-0.15, -0.1) is 0 Å². The molecule has 0 unspecified atom stereocenters. The van der Waals surface area contributed by atoms with E-state index in [4.69, 9.17) is 6.58 Å². The van der Waals surface area contributed by atoms with Crippen molar-refractivity contribution in [1.29, 1.82) is 0 Å². The van der Waals surface area contributed by atoms with Gasteiger partial charge in [0.2, 0.25) is 0 Å². The SMILES string of the molecule is [C]=C1N(c2c(C)cc(C)cc2C)CCN1c1c(C)cc(C)cc1C. The Balaban J connectivity index is 2.00. The topological polar surface area (TPSA) is 6.48 Å². The van der Waals surface area contributed by atoms with Crippen molar-refractivity contribution in [2.24, 2.45) is 0 Å². The molecule has 1 heterocycles. The van der Waals surface area contributed by atoms with Gasteiger partial charge in [-0.05, 0) is 63.8 Å². The van der Waals surface area contributed by atoms with Gasteiger partial charge in [0.1, 0.15) is 5.82 Å². The molecule has 2 aromatic carbocycles. The summed E-state index contributed by atoms with van der Waals surface area (Å²) in [7, 11) is 0. The summed E-state index contributed by atoms with van der Waals surface area (Å²) in [5.74, 6) is 0.583. The zero-order valence-electron chi connectivity index (χ0n) is 15.6. The average molecular weight is 318 g/mol. The first-order valence-electron chi connectivity index (χ1n) is 8.59. The monoisotopic (exact) mass is 318 g/mol. The van der Waals surface area contributed by atoms with Crippen LogP contribution in [0.1, 0.15) is 33.4 Å². The van der Waals surface area contributed by atoms with E-state index >= 15 is 0 Å². The predicted octanol–water partition coefficient (Wildman–Crippen LogP) is 5.02. The highest BCUT2D eigenvalue weighted by Gasteiger charge is 2.29. The molecule has 24 heavy (non-hydrogen) atoms. The minimum atomic E-state index is 0.583. The summed E-state index contributed by atoms with van der Waals surface area (Å²) < 4.78 is 0. The van der Waals surface area contributed by atoms with Crippen LogP contribution in [0.2, 0.25) is 0 Å². The predicted molar refractivity (Wildman–Crippen MR) is 103 cm³/mol. The number of rotatable bonds is 2. The Morgan fingerprint density at radius 2 is 0.917 bits per heavy atom. The number of hydrogen-bond donors (Lipinski definition) is 0. The first-order chi connectivity index (χ1) is 11.3. The fourth-order valence-electron chi connectivity index (χ4n) is 4.19. The second kappa shape index (κ2) is 6.01. The van der Waals surface area contributed by atoms with Crippen molar-refractivity contribution in [2.45, 2.75) is 41.5 Å². The lowest BCUT2D eigenvalue weighted by molar-refractivity contribution is 1.01. The maximum absolute atomic E-state index is 8.78. The van der Waals surface area contributed by atoms with Gasteiger partial charge >= 0.3 is 0 Å². The van der Waals surface area contributed by atoms with E-state index in [1.54, 1.807) is 0 Å². The molecule has 0 N–H and O–H groups in total. The highest BCUT2D eigenvalue weighted by Crippen LogP contribution is 2.37. The highest BCUT2D eigenvalue weighted by atomic mass is 15.4. The van der Waals surface area contributed by atoms with E-state index in [2.05, 4.69) is 75.6 Å². The van der Waals surface area contributed by atoms with Crippen LogP contribution in [0.5, 0.6) is 0 Å². The van der Waals surface area contributed by atoms with Gasteiger partial charge in [-0.2, -0.15) is 0 Å². The van der Waals surface area contributed by atoms with Crippen LogP contribution in [0.4, 0.5) is 11.4 Å². The molecule has 1 aliphatic rings. The standard InChI is InChI=1S/C22H26N2/c1-14-10-16(3)21(17(4)11-14)23-8-9-24(20(23)7)22-18(5)12-15(2)13-19(22)6/h10-13H,8-9H2,1-6H3. The van der Waals surface area contributed by atoms with Crippen LogP contribution < -0.4 is 9.80 Å². The number of anilines is 2. The summed E-state index contributed by atoms with van der Waals surface area (Å²) in [5, 5.41) is 0. The van der Waals surface area contributed by atoms with Crippen molar-refractivity contribution in [2.75, 3.05) is 22.9 Å². The molecule has 2 heteroatoms. The Bertz CT molecular complexity index is 703. The molecule has 0 aliphatic carbocycles. The lowest BCUT2D eigenvalue weighted by Gasteiger charge is -2.28. The van der Waals surface area contributed by atoms with E-state index in [0.29, 0.717) is 5.82 Å². The lowest BCUT2D eigenvalue weighted by Crippen LogP contribution is -2.24. The minimum absolute atomic E-state index is 0.583. The van der Waals surface area contributed by atoms with Crippen LogP contribution >= 0.6 is 0 Å². The van der Waals surface area contributed by atoms with Gasteiger partial charge in [0.25, 0.3) is 0 Å². The number of benzene rings is 2. The van der Waals surface area contributed by atoms with Crippen LogP contribution in [0, 0.1) is 48.1 Å². The van der Waals surface area contributed by atoms with Crippen molar-refractivity contribution < 1.29 is 0 Å². The molecule has 1 saturated heterocycles. The van der Waals surface area contributed by atoms with Crippen molar-refractivity contribution in [1.82, 2.24) is 0 Å². The number of hydrogen-bond acceptors (Lipinski definition) is 2. The molecular weight excluding hydrogens is 292 g/mol. The highest BCUT2D eigenvalue weighted by molar-refractivity contribution is 5.72. The molecule has 0 saturated carbocycles. The third-order valence-electron chi connectivity index (χ3n) is 4.87. The summed E-state index contributed by atoms with van der Waals surface area (Å²) >= 11 is 0. The second-order valence-electron chi connectivity index (χ2n) is 7.12. The van der Waals surface area contributed by atoms with E-state index in [1.165, 1.54) is 44.8 Å². The smallest absolute Gasteiger partial charge is 0.122 e. The Labute approximate surface area is 146 Å². The van der Waals surface area contributed by atoms with Gasteiger partial charge in [-0.3, -0.25) is 0 Å². The molecule has 124 valence electrons. The number of nitrogens with zero attached hydrogens (tertiary/aromatic N) is 2. The van der Waals surface area contributed by atoms with Gasteiger partial charge in [0, 0.05) is 31.0 Å². The molecular formula is C22H26N2. The molecule has 2 radical (unpaired) electrons. The molecule has 0 spiro atoms. The van der Waals surface area contributed by atoms with Crippen LogP contribution in [-0.4, -0.2) is 13.1 Å². The van der Waals surface area contributed by atoms with Crippen LogP contribution in [0.15, 0.2) is 30.1 Å². The fraction of sp³-hybridized carbons (Fsp3) is 0.364. The number of aryl methyl sites for hydroxylation is 6. The first kappa shape index (κ1) is 16.6. The van der Waals surface area contributed by atoms with E-state index < -0.39 is 0 Å². The summed E-state index contributed by atoms with van der Waals surface area (Å²) in [4.78, 5) is 4.31. The Hall–Kier alpha value is -2.22. The summed E-state index contributed by atoms with van der Waals surface area (Å²) in [6.07, 6.45) is 0. The maximum atomic E-state index is 8.78. The Morgan fingerprint density at radius 1 is 0.625 bits per heavy atom. The maximum Gasteiger partial charge on any atom is 0.122 e. The van der Waals surface area contributed by atoms with Crippen molar-refractivity contribution in [3.8, 4) is 0 Å². The van der Waals surface area contributed by atoms with Crippen molar-refractivity contribution in [3.63, 3.8) is 0 Å². The molecule has 2 nitrogen and oxygen atoms in total. The van der Waals surface area contributed by atoms with Crippen LogP contribution in [0.25, 0.3) is 0 Å². The Morgan fingerprint density at radius 3 is 1.21 bits per heavy atom. The molecule has 0 aromatic heterocycles. The zero-order chi connectivity index (χ0) is 17.6. The molecule has 2 aromatic rings. The van der Waals surface area contributed by atoms with E-state index in [0.717, 1.165) is 13.1 Å². The molecule has 0 amide bonds. The van der Waals surface area contributed by atoms with Gasteiger partial charge < -0.3 is 9.80 Å². The van der Waals surface area contributed by atoms with Gasteiger partial charge in [-0.1, -0.05) is 35.4 Å². The molecule has 0 bridgehead atoms. The molecule has 1 aliphatic heterocycles. The third kappa shape index (κ3) is 2.71. The summed E-state index contributed by atoms with van der Waals surface area (Å²) in [6.45, 7) is 23.3. The zero-order valence-corrected chi connectivity index (χ0v) is 15.6. The summed E-state index contributed by atoms with van der Waals surface area (Å²) in [6, 6.07) is 8.84. The second-order valence-corrected chi connectivity index (χ2v) is 7.12. The minimum Gasteiger partial charge on any atom is -0.325 e. The van der Waals surface area contributed by atoms with Gasteiger partial charge in [-0.25, -0.2) is 0 Å². The molecule has 3 rings (SSSR count). The van der Waals surface area contributed by atoms with E-state index in [1.807, 2.05) is 0 Å². The lowest BCUT2D eigenvalue weighted by atomic mass is 10.0. The Kier molecular flexibility index (Phi) is 4.16. The fourth-order valence-corrected chi connectivity index (χ4v) is 4.19. The van der Waals surface area contributed by atoms with Crippen molar-refractivity contribution >= 4 is 11.4 Å². The van der Waals surface area contributed by atoms with Gasteiger partial charge in [0.15, 0.2) is 0 Å². The van der Waals surface area contributed by atoms with E-state index in [9.17, 15) is 0 Å². The molecule has 0 atom stereocenters. The normalized spacial score (nSPS) is 14.7. The van der Waals surface area contributed by atoms with Gasteiger partial charge in [0.05, 0.1) is 0 Å². The van der Waals surface area contributed by atoms with Crippen molar-refractivity contribution in [3.05, 3.63) is 70.0 Å². The largest absolute Gasteiger partial charge is 0.325 e. The summed E-state index contributed by atoms with van der Waals surface area (Å²) in [5.41, 5.74) is 9.93. The average Bonchev–Trinajstić information content (AvgIpc) is 2.79. The quantitative estimate of drug-likeness (QED) is 0.767. The van der Waals surface area contributed by atoms with Crippen LogP contribution in [-0.2, 0) is 0 Å². The van der Waals surface area contributed by atoms with E-state index in [-0.39, 0.29) is 0 Å². The third-order valence-corrected chi connectivity index (χ3v) is 4.87. The molecule has 1 fully saturated rings.